The molecule has 2 aromatic carbocycles. The Hall–Kier alpha value is -2.18. The van der Waals surface area contributed by atoms with Crippen molar-refractivity contribution in [3.05, 3.63) is 65.2 Å². The molecule has 0 radical (unpaired) electrons. The van der Waals surface area contributed by atoms with Crippen LogP contribution < -0.4 is 10.0 Å². The Morgan fingerprint density at radius 1 is 1.04 bits per heavy atom. The van der Waals surface area contributed by atoms with Crippen molar-refractivity contribution in [2.24, 2.45) is 0 Å². The molecule has 0 heterocycles. The van der Waals surface area contributed by atoms with Crippen molar-refractivity contribution in [2.75, 3.05) is 11.6 Å². The maximum Gasteiger partial charge on any atom is 0.255 e. The number of nitrogens with one attached hydrogen (secondary N) is 2. The second-order valence-corrected chi connectivity index (χ2v) is 7.13. The lowest BCUT2D eigenvalue weighted by atomic mass is 10.1. The van der Waals surface area contributed by atoms with Crippen LogP contribution in [0.15, 0.2) is 48.5 Å². The highest BCUT2D eigenvalue weighted by atomic mass is 32.2. The minimum absolute atomic E-state index is 0.188. The Kier molecular flexibility index (Phi) is 5.52. The van der Waals surface area contributed by atoms with Crippen molar-refractivity contribution in [2.45, 2.75) is 19.9 Å². The number of rotatable bonds is 6. The van der Waals surface area contributed by atoms with E-state index in [0.717, 1.165) is 18.2 Å². The quantitative estimate of drug-likeness (QED) is 0.853. The van der Waals surface area contributed by atoms with Gasteiger partial charge in [0.25, 0.3) is 5.91 Å². The highest BCUT2D eigenvalue weighted by molar-refractivity contribution is 7.88. The van der Waals surface area contributed by atoms with E-state index in [9.17, 15) is 13.2 Å². The average Bonchev–Trinajstić information content (AvgIpc) is 2.53. The number of sulfonamides is 1. The first kappa shape index (κ1) is 17.2. The fourth-order valence-corrected chi connectivity index (χ4v) is 2.50. The number of amides is 1. The maximum atomic E-state index is 12.2. The minimum atomic E-state index is -3.25. The first-order valence-corrected chi connectivity index (χ1v) is 9.20. The second-order valence-electron chi connectivity index (χ2n) is 5.30. The molecule has 23 heavy (non-hydrogen) atoms. The van der Waals surface area contributed by atoms with Gasteiger partial charge in [-0.3, -0.25) is 4.79 Å². The lowest BCUT2D eigenvalue weighted by Gasteiger charge is -2.08. The van der Waals surface area contributed by atoms with Gasteiger partial charge in [0.1, 0.15) is 0 Å². The summed E-state index contributed by atoms with van der Waals surface area (Å²) in [5, 5.41) is 2.82. The van der Waals surface area contributed by atoms with Crippen LogP contribution in [-0.4, -0.2) is 20.6 Å². The Labute approximate surface area is 136 Å². The fraction of sp³-hybridized carbons (Fsp3) is 0.235. The monoisotopic (exact) mass is 332 g/mol. The van der Waals surface area contributed by atoms with Crippen LogP contribution in [-0.2, 0) is 23.0 Å². The Bertz CT molecular complexity index is 784. The molecule has 0 fully saturated rings. The van der Waals surface area contributed by atoms with Gasteiger partial charge < -0.3 is 5.32 Å². The van der Waals surface area contributed by atoms with Crippen molar-refractivity contribution in [3.8, 4) is 0 Å². The molecule has 0 aliphatic heterocycles. The highest BCUT2D eigenvalue weighted by Gasteiger charge is 2.07. The maximum absolute atomic E-state index is 12.2. The average molecular weight is 332 g/mol. The summed E-state index contributed by atoms with van der Waals surface area (Å²) in [6.45, 7) is 2.25. The third kappa shape index (κ3) is 5.50. The van der Waals surface area contributed by atoms with E-state index in [1.807, 2.05) is 12.1 Å². The van der Waals surface area contributed by atoms with E-state index < -0.39 is 10.0 Å². The Morgan fingerprint density at radius 3 is 2.35 bits per heavy atom. The van der Waals surface area contributed by atoms with Crippen molar-refractivity contribution in [1.82, 2.24) is 4.72 Å². The third-order valence-corrected chi connectivity index (χ3v) is 4.02. The van der Waals surface area contributed by atoms with Crippen molar-refractivity contribution in [3.63, 3.8) is 0 Å². The van der Waals surface area contributed by atoms with Crippen LogP contribution in [0.5, 0.6) is 0 Å². The predicted molar refractivity (Wildman–Crippen MR) is 91.9 cm³/mol. The summed E-state index contributed by atoms with van der Waals surface area (Å²) in [7, 11) is -3.25. The molecule has 0 aliphatic carbocycles. The van der Waals surface area contributed by atoms with E-state index in [-0.39, 0.29) is 12.5 Å². The second kappa shape index (κ2) is 7.39. The molecule has 2 N–H and O–H groups in total. The molecule has 0 aromatic heterocycles. The molecular formula is C17H20N2O3S. The first-order valence-electron chi connectivity index (χ1n) is 7.31. The van der Waals surface area contributed by atoms with Gasteiger partial charge in [0.05, 0.1) is 6.26 Å². The number of anilines is 1. The smallest absolute Gasteiger partial charge is 0.255 e. The zero-order chi connectivity index (χ0) is 16.9. The fourth-order valence-electron chi connectivity index (χ4n) is 2.07. The van der Waals surface area contributed by atoms with Crippen LogP contribution in [0.25, 0.3) is 0 Å². The number of hydrogen-bond donors (Lipinski definition) is 2. The van der Waals surface area contributed by atoms with Crippen molar-refractivity contribution >= 4 is 21.6 Å². The van der Waals surface area contributed by atoms with Gasteiger partial charge in [0.2, 0.25) is 10.0 Å². The first-order chi connectivity index (χ1) is 10.9. The molecule has 0 saturated carbocycles. The van der Waals surface area contributed by atoms with Crippen LogP contribution in [0.4, 0.5) is 5.69 Å². The summed E-state index contributed by atoms with van der Waals surface area (Å²) in [4.78, 5) is 12.2. The Balaban J connectivity index is 2.05. The number of aryl methyl sites for hydroxylation is 1. The SMILES string of the molecule is CCc1ccc(C(=O)Nc2cccc(CNS(C)(=O)=O)c2)cc1. The van der Waals surface area contributed by atoms with Gasteiger partial charge in [-0.25, -0.2) is 13.1 Å². The molecule has 2 rings (SSSR count). The molecule has 0 spiro atoms. The predicted octanol–water partition coefficient (Wildman–Crippen LogP) is 2.55. The zero-order valence-corrected chi connectivity index (χ0v) is 14.0. The molecule has 0 saturated heterocycles. The third-order valence-electron chi connectivity index (χ3n) is 3.35. The number of hydrogen-bond acceptors (Lipinski definition) is 3. The van der Waals surface area contributed by atoms with Crippen LogP contribution in [0, 0.1) is 0 Å². The molecule has 0 atom stereocenters. The number of benzene rings is 2. The summed E-state index contributed by atoms with van der Waals surface area (Å²) >= 11 is 0. The van der Waals surface area contributed by atoms with E-state index in [0.29, 0.717) is 11.3 Å². The largest absolute Gasteiger partial charge is 0.322 e. The van der Waals surface area contributed by atoms with Crippen molar-refractivity contribution < 1.29 is 13.2 Å². The van der Waals surface area contributed by atoms with Gasteiger partial charge in [-0.15, -0.1) is 0 Å². The number of carbonyl (C=O) groups excluding carboxylic acids is 1. The topological polar surface area (TPSA) is 75.3 Å². The zero-order valence-electron chi connectivity index (χ0n) is 13.2. The lowest BCUT2D eigenvalue weighted by molar-refractivity contribution is 0.102. The Morgan fingerprint density at radius 2 is 1.74 bits per heavy atom. The standard InChI is InChI=1S/C17H20N2O3S/c1-3-13-7-9-15(10-8-13)17(20)19-16-6-4-5-14(11-16)12-18-23(2,21)22/h4-11,18H,3,12H2,1-2H3,(H,19,20). The van der Waals surface area contributed by atoms with Crippen LogP contribution in [0.2, 0.25) is 0 Å². The minimum Gasteiger partial charge on any atom is -0.322 e. The van der Waals surface area contributed by atoms with Gasteiger partial charge in [-0.1, -0.05) is 31.2 Å². The van der Waals surface area contributed by atoms with Gasteiger partial charge in [0.15, 0.2) is 0 Å². The molecule has 0 aliphatic rings. The summed E-state index contributed by atoms with van der Waals surface area (Å²) < 4.78 is 24.7. The summed E-state index contributed by atoms with van der Waals surface area (Å²) in [6, 6.07) is 14.5. The van der Waals surface area contributed by atoms with E-state index in [1.54, 1.807) is 36.4 Å². The highest BCUT2D eigenvalue weighted by Crippen LogP contribution is 2.13. The molecule has 122 valence electrons. The van der Waals surface area contributed by atoms with E-state index in [1.165, 1.54) is 5.56 Å². The molecule has 1 amide bonds. The summed E-state index contributed by atoms with van der Waals surface area (Å²) in [5.41, 5.74) is 3.16. The molecule has 6 heteroatoms. The number of carbonyl (C=O) groups is 1. The molecule has 5 nitrogen and oxygen atoms in total. The van der Waals surface area contributed by atoms with Gasteiger partial charge in [0, 0.05) is 17.8 Å². The van der Waals surface area contributed by atoms with Crippen molar-refractivity contribution in [1.29, 1.82) is 0 Å². The lowest BCUT2D eigenvalue weighted by Crippen LogP contribution is -2.21. The van der Waals surface area contributed by atoms with E-state index >= 15 is 0 Å². The normalized spacial score (nSPS) is 11.2. The van der Waals surface area contributed by atoms with Crippen LogP contribution >= 0.6 is 0 Å². The molecule has 2 aromatic rings. The summed E-state index contributed by atoms with van der Waals surface area (Å²) in [5.74, 6) is -0.194. The van der Waals surface area contributed by atoms with Gasteiger partial charge in [-0.2, -0.15) is 0 Å². The molecule has 0 unspecified atom stereocenters. The summed E-state index contributed by atoms with van der Waals surface area (Å²) in [6.07, 6.45) is 2.04. The van der Waals surface area contributed by atoms with Crippen LogP contribution in [0.1, 0.15) is 28.4 Å². The van der Waals surface area contributed by atoms with Gasteiger partial charge >= 0.3 is 0 Å². The molecular weight excluding hydrogens is 312 g/mol. The van der Waals surface area contributed by atoms with Crippen LogP contribution in [0.3, 0.4) is 0 Å². The van der Waals surface area contributed by atoms with Gasteiger partial charge in [-0.05, 0) is 41.8 Å². The molecule has 0 bridgehead atoms. The van der Waals surface area contributed by atoms with E-state index in [4.69, 9.17) is 0 Å². The van der Waals surface area contributed by atoms with E-state index in [2.05, 4.69) is 17.0 Å².